The first-order valence-corrected chi connectivity index (χ1v) is 8.86. The first-order valence-electron chi connectivity index (χ1n) is 8.86. The normalized spacial score (nSPS) is 15.7. The van der Waals surface area contributed by atoms with Gasteiger partial charge in [0.25, 0.3) is 0 Å². The minimum absolute atomic E-state index is 0.811. The highest BCUT2D eigenvalue weighted by Crippen LogP contribution is 2.35. The molecular formula is C23H19NO. The maximum atomic E-state index is 5.40. The summed E-state index contributed by atoms with van der Waals surface area (Å²) in [6.45, 7) is 4.41. The second kappa shape index (κ2) is 6.04. The lowest BCUT2D eigenvalue weighted by molar-refractivity contribution is 0.0443. The first-order chi connectivity index (χ1) is 12.4. The molecule has 1 fully saturated rings. The number of nitrogens with zero attached hydrogens (tertiary/aromatic N) is 1. The topological polar surface area (TPSA) is 12.5 Å². The molecule has 2 nitrogen and oxygen atoms in total. The minimum atomic E-state index is 0.811. The minimum Gasteiger partial charge on any atom is -0.379 e. The van der Waals surface area contributed by atoms with Crippen LogP contribution in [-0.4, -0.2) is 37.7 Å². The molecule has 4 aromatic rings. The molecule has 1 aliphatic rings. The van der Waals surface area contributed by atoms with Crippen LogP contribution in [0.2, 0.25) is 0 Å². The van der Waals surface area contributed by atoms with Gasteiger partial charge in [0.05, 0.1) is 19.8 Å². The van der Waals surface area contributed by atoms with Crippen molar-refractivity contribution in [2.24, 2.45) is 0 Å². The average molecular weight is 325 g/mol. The van der Waals surface area contributed by atoms with Crippen LogP contribution in [0.25, 0.3) is 32.3 Å². The summed E-state index contributed by atoms with van der Waals surface area (Å²) >= 11 is 0. The van der Waals surface area contributed by atoms with Crippen LogP contribution in [-0.2, 0) is 4.74 Å². The summed E-state index contributed by atoms with van der Waals surface area (Å²) in [7, 11) is 0. The highest BCUT2D eigenvalue weighted by molar-refractivity contribution is 6.23. The van der Waals surface area contributed by atoms with Crippen LogP contribution >= 0.6 is 0 Å². The van der Waals surface area contributed by atoms with Crippen LogP contribution in [0.5, 0.6) is 0 Å². The van der Waals surface area contributed by atoms with Crippen molar-refractivity contribution in [2.45, 2.75) is 0 Å². The van der Waals surface area contributed by atoms with Gasteiger partial charge in [0.15, 0.2) is 0 Å². The molecule has 0 atom stereocenters. The van der Waals surface area contributed by atoms with Gasteiger partial charge in [0.1, 0.15) is 0 Å². The number of ether oxygens (including phenoxy) is 1. The second-order valence-electron chi connectivity index (χ2n) is 6.66. The Hall–Kier alpha value is -2.60. The molecule has 0 aliphatic carbocycles. The molecule has 1 heterocycles. The summed E-state index contributed by atoms with van der Waals surface area (Å²) in [5.41, 5.74) is 1.12. The standard InChI is InChI=1S/C23H19NO/c1-3-18-8-9-20-7-6-17(5-2-12-24-13-15-25-16-14-24)21-11-10-19(4-1)22(18)23(20)21/h1,3-4,6-11H,12-16H2. The molecule has 0 unspecified atom stereocenters. The predicted molar refractivity (Wildman–Crippen MR) is 104 cm³/mol. The van der Waals surface area contributed by atoms with Gasteiger partial charge in [-0.05, 0) is 38.4 Å². The summed E-state index contributed by atoms with van der Waals surface area (Å²) in [4.78, 5) is 2.35. The number of benzene rings is 4. The molecule has 1 saturated heterocycles. The smallest absolute Gasteiger partial charge is 0.0606 e. The molecule has 0 spiro atoms. The van der Waals surface area contributed by atoms with Gasteiger partial charge in [-0.3, -0.25) is 4.90 Å². The molecule has 0 bridgehead atoms. The van der Waals surface area contributed by atoms with Crippen molar-refractivity contribution < 1.29 is 4.74 Å². The molecule has 0 amide bonds. The van der Waals surface area contributed by atoms with Gasteiger partial charge in [-0.25, -0.2) is 0 Å². The third kappa shape index (κ3) is 2.53. The SMILES string of the molecule is C(#Cc1ccc2ccc3cccc4ccc1c2c34)CN1CCOCC1. The zero-order valence-electron chi connectivity index (χ0n) is 14.1. The van der Waals surface area contributed by atoms with E-state index < -0.39 is 0 Å². The van der Waals surface area contributed by atoms with Crippen LogP contribution in [0.1, 0.15) is 5.56 Å². The maximum absolute atomic E-state index is 5.40. The van der Waals surface area contributed by atoms with Gasteiger partial charge in [0.2, 0.25) is 0 Å². The lowest BCUT2D eigenvalue weighted by atomic mass is 9.92. The van der Waals surface area contributed by atoms with Crippen molar-refractivity contribution in [1.82, 2.24) is 4.90 Å². The van der Waals surface area contributed by atoms with Gasteiger partial charge in [0, 0.05) is 18.7 Å². The van der Waals surface area contributed by atoms with E-state index in [4.69, 9.17) is 4.74 Å². The van der Waals surface area contributed by atoms with Gasteiger partial charge >= 0.3 is 0 Å². The van der Waals surface area contributed by atoms with E-state index in [1.807, 2.05) is 0 Å². The lowest BCUT2D eigenvalue weighted by Crippen LogP contribution is -2.36. The van der Waals surface area contributed by atoms with Crippen LogP contribution in [0, 0.1) is 11.8 Å². The highest BCUT2D eigenvalue weighted by Gasteiger charge is 2.10. The molecule has 0 radical (unpaired) electrons. The van der Waals surface area contributed by atoms with Crippen LogP contribution < -0.4 is 0 Å². The Kier molecular flexibility index (Phi) is 3.56. The third-order valence-electron chi connectivity index (χ3n) is 5.16. The number of morpholine rings is 1. The predicted octanol–water partition coefficient (Wildman–Crippen LogP) is 4.27. The van der Waals surface area contributed by atoms with E-state index >= 15 is 0 Å². The molecule has 25 heavy (non-hydrogen) atoms. The summed E-state index contributed by atoms with van der Waals surface area (Å²) in [5, 5.41) is 7.85. The van der Waals surface area contributed by atoms with Crippen molar-refractivity contribution in [3.63, 3.8) is 0 Å². The zero-order chi connectivity index (χ0) is 16.6. The van der Waals surface area contributed by atoms with Gasteiger partial charge in [-0.2, -0.15) is 0 Å². The molecule has 0 aromatic heterocycles. The van der Waals surface area contributed by atoms with Crippen molar-refractivity contribution in [3.05, 3.63) is 60.2 Å². The van der Waals surface area contributed by atoms with Crippen molar-refractivity contribution in [3.8, 4) is 11.8 Å². The number of rotatable bonds is 1. The Morgan fingerprint density at radius 1 is 0.800 bits per heavy atom. The second-order valence-corrected chi connectivity index (χ2v) is 6.66. The first kappa shape index (κ1) is 14.7. The Morgan fingerprint density at radius 3 is 2.28 bits per heavy atom. The zero-order valence-corrected chi connectivity index (χ0v) is 14.1. The van der Waals surface area contributed by atoms with Gasteiger partial charge in [-0.15, -0.1) is 0 Å². The molecule has 0 saturated carbocycles. The van der Waals surface area contributed by atoms with Crippen LogP contribution in [0.4, 0.5) is 0 Å². The van der Waals surface area contributed by atoms with Crippen molar-refractivity contribution in [1.29, 1.82) is 0 Å². The summed E-state index contributed by atoms with van der Waals surface area (Å²) in [6, 6.07) is 19.8. The largest absolute Gasteiger partial charge is 0.379 e. The Morgan fingerprint density at radius 2 is 1.48 bits per heavy atom. The maximum Gasteiger partial charge on any atom is 0.0606 e. The number of hydrogen-bond acceptors (Lipinski definition) is 2. The van der Waals surface area contributed by atoms with Gasteiger partial charge < -0.3 is 4.74 Å². The average Bonchev–Trinajstić information content (AvgIpc) is 2.68. The fourth-order valence-electron chi connectivity index (χ4n) is 3.85. The monoisotopic (exact) mass is 325 g/mol. The van der Waals surface area contributed by atoms with E-state index in [1.165, 1.54) is 32.3 Å². The molecular weight excluding hydrogens is 306 g/mol. The van der Waals surface area contributed by atoms with Crippen LogP contribution in [0.15, 0.2) is 54.6 Å². The van der Waals surface area contributed by atoms with Crippen molar-refractivity contribution in [2.75, 3.05) is 32.8 Å². The fourth-order valence-corrected chi connectivity index (χ4v) is 3.85. The molecule has 0 N–H and O–H groups in total. The van der Waals surface area contributed by atoms with E-state index in [2.05, 4.69) is 71.3 Å². The Labute approximate surface area is 147 Å². The molecule has 4 aromatic carbocycles. The quantitative estimate of drug-likeness (QED) is 0.383. The third-order valence-corrected chi connectivity index (χ3v) is 5.16. The summed E-state index contributed by atoms with van der Waals surface area (Å²) in [5.74, 6) is 6.78. The van der Waals surface area contributed by atoms with Gasteiger partial charge in [-0.1, -0.05) is 60.4 Å². The fraction of sp³-hybridized carbons (Fsp3) is 0.217. The van der Waals surface area contributed by atoms with E-state index in [9.17, 15) is 0 Å². The molecule has 5 rings (SSSR count). The summed E-state index contributed by atoms with van der Waals surface area (Å²) in [6.07, 6.45) is 0. The lowest BCUT2D eigenvalue weighted by Gasteiger charge is -2.24. The number of hydrogen-bond donors (Lipinski definition) is 0. The highest BCUT2D eigenvalue weighted by atomic mass is 16.5. The van der Waals surface area contributed by atoms with Crippen LogP contribution in [0.3, 0.4) is 0 Å². The van der Waals surface area contributed by atoms with E-state index in [1.54, 1.807) is 0 Å². The van der Waals surface area contributed by atoms with E-state index in [-0.39, 0.29) is 0 Å². The Bertz CT molecular complexity index is 1100. The molecule has 122 valence electrons. The molecule has 2 heteroatoms. The van der Waals surface area contributed by atoms with Crippen molar-refractivity contribution >= 4 is 32.3 Å². The molecule has 1 aliphatic heterocycles. The Balaban J connectivity index is 1.62. The summed E-state index contributed by atoms with van der Waals surface area (Å²) < 4.78 is 5.40. The van der Waals surface area contributed by atoms with E-state index in [0.717, 1.165) is 38.4 Å². The van der Waals surface area contributed by atoms with E-state index in [0.29, 0.717) is 0 Å².